The number of carbonyl (C=O) groups excluding carboxylic acids is 1. The van der Waals surface area contributed by atoms with E-state index in [0.717, 1.165) is 35.7 Å². The van der Waals surface area contributed by atoms with Crippen LogP contribution in [-0.2, 0) is 17.6 Å². The predicted octanol–water partition coefficient (Wildman–Crippen LogP) is 4.23. The Kier molecular flexibility index (Phi) is 6.63. The minimum atomic E-state index is -0.0532. The summed E-state index contributed by atoms with van der Waals surface area (Å²) in [6.07, 6.45) is 2.85. The Morgan fingerprint density at radius 1 is 1.04 bits per heavy atom. The highest BCUT2D eigenvalue weighted by Gasteiger charge is 2.05. The maximum absolute atomic E-state index is 12.2. The molecule has 0 aliphatic carbocycles. The van der Waals surface area contributed by atoms with Crippen LogP contribution in [0.1, 0.15) is 16.7 Å². The zero-order chi connectivity index (χ0) is 19.8. The van der Waals surface area contributed by atoms with Crippen molar-refractivity contribution < 1.29 is 9.53 Å². The van der Waals surface area contributed by atoms with Crippen LogP contribution in [0.5, 0.6) is 5.75 Å². The van der Waals surface area contributed by atoms with Crippen LogP contribution in [0.4, 0.5) is 11.5 Å². The topological polar surface area (TPSA) is 63.2 Å². The lowest BCUT2D eigenvalue weighted by Crippen LogP contribution is -2.14. The van der Waals surface area contributed by atoms with E-state index in [2.05, 4.69) is 21.7 Å². The van der Waals surface area contributed by atoms with Gasteiger partial charge in [0.25, 0.3) is 0 Å². The molecule has 144 valence electrons. The molecule has 0 aliphatic heterocycles. The van der Waals surface area contributed by atoms with Gasteiger partial charge >= 0.3 is 0 Å². The van der Waals surface area contributed by atoms with E-state index in [1.165, 1.54) is 5.56 Å². The molecular weight excluding hydrogens is 350 g/mol. The number of pyridine rings is 1. The maximum atomic E-state index is 12.2. The first kappa shape index (κ1) is 19.4. The van der Waals surface area contributed by atoms with Gasteiger partial charge in [-0.3, -0.25) is 4.79 Å². The summed E-state index contributed by atoms with van der Waals surface area (Å²) in [7, 11) is 1.68. The SMILES string of the molecule is COc1ccccc1CCNc1ccc(NC(=O)Cc2ccc(C)cc2)cn1. The van der Waals surface area contributed by atoms with Crippen LogP contribution >= 0.6 is 0 Å². The number of nitrogens with zero attached hydrogens (tertiary/aromatic N) is 1. The number of rotatable bonds is 8. The Bertz CT molecular complexity index is 906. The van der Waals surface area contributed by atoms with E-state index in [1.807, 2.05) is 61.5 Å². The second-order valence-corrected chi connectivity index (χ2v) is 6.63. The summed E-state index contributed by atoms with van der Waals surface area (Å²) in [5.41, 5.74) is 4.01. The number of anilines is 2. The highest BCUT2D eigenvalue weighted by atomic mass is 16.5. The standard InChI is InChI=1S/C23H25N3O2/c1-17-7-9-18(10-8-17)15-23(27)26-20-11-12-22(25-16-20)24-14-13-19-5-3-4-6-21(19)28-2/h3-12,16H,13-15H2,1-2H3,(H,24,25)(H,26,27). The van der Waals surface area contributed by atoms with E-state index < -0.39 is 0 Å². The Balaban J connectivity index is 1.47. The van der Waals surface area contributed by atoms with Gasteiger partial charge in [0.05, 0.1) is 25.4 Å². The van der Waals surface area contributed by atoms with E-state index in [-0.39, 0.29) is 5.91 Å². The summed E-state index contributed by atoms with van der Waals surface area (Å²) in [6, 6.07) is 19.7. The molecule has 1 amide bonds. The predicted molar refractivity (Wildman–Crippen MR) is 113 cm³/mol. The van der Waals surface area contributed by atoms with Crippen LogP contribution in [0.15, 0.2) is 66.9 Å². The van der Waals surface area contributed by atoms with Gasteiger partial charge in [-0.2, -0.15) is 0 Å². The summed E-state index contributed by atoms with van der Waals surface area (Å²) < 4.78 is 5.37. The van der Waals surface area contributed by atoms with Crippen molar-refractivity contribution in [1.29, 1.82) is 0 Å². The Morgan fingerprint density at radius 3 is 2.54 bits per heavy atom. The lowest BCUT2D eigenvalue weighted by atomic mass is 10.1. The fourth-order valence-corrected chi connectivity index (χ4v) is 2.90. The Morgan fingerprint density at radius 2 is 1.82 bits per heavy atom. The van der Waals surface area contributed by atoms with Gasteiger partial charge in [-0.25, -0.2) is 4.98 Å². The number of para-hydroxylation sites is 1. The molecule has 5 nitrogen and oxygen atoms in total. The second kappa shape index (κ2) is 9.55. The van der Waals surface area contributed by atoms with Crippen molar-refractivity contribution in [2.45, 2.75) is 19.8 Å². The molecule has 1 aromatic heterocycles. The fraction of sp³-hybridized carbons (Fsp3) is 0.217. The number of nitrogens with one attached hydrogen (secondary N) is 2. The fourth-order valence-electron chi connectivity index (χ4n) is 2.90. The van der Waals surface area contributed by atoms with Gasteiger partial charge in [0.2, 0.25) is 5.91 Å². The molecule has 0 saturated heterocycles. The van der Waals surface area contributed by atoms with E-state index in [4.69, 9.17) is 4.74 Å². The van der Waals surface area contributed by atoms with Crippen molar-refractivity contribution in [3.8, 4) is 5.75 Å². The maximum Gasteiger partial charge on any atom is 0.228 e. The van der Waals surface area contributed by atoms with Crippen LogP contribution in [-0.4, -0.2) is 24.5 Å². The third kappa shape index (κ3) is 5.58. The highest BCUT2D eigenvalue weighted by Crippen LogP contribution is 2.18. The molecule has 0 aliphatic rings. The average molecular weight is 375 g/mol. The van der Waals surface area contributed by atoms with Crippen LogP contribution < -0.4 is 15.4 Å². The number of aromatic nitrogens is 1. The second-order valence-electron chi connectivity index (χ2n) is 6.63. The number of methoxy groups -OCH3 is 1. The molecule has 2 aromatic carbocycles. The van der Waals surface area contributed by atoms with Gasteiger partial charge in [-0.15, -0.1) is 0 Å². The molecule has 0 saturated carbocycles. The number of hydrogen-bond donors (Lipinski definition) is 2. The van der Waals surface area contributed by atoms with Gasteiger partial charge in [0.15, 0.2) is 0 Å². The van der Waals surface area contributed by atoms with Crippen molar-refractivity contribution in [2.24, 2.45) is 0 Å². The monoisotopic (exact) mass is 375 g/mol. The molecule has 3 rings (SSSR count). The van der Waals surface area contributed by atoms with Crippen LogP contribution in [0.25, 0.3) is 0 Å². The summed E-state index contributed by atoms with van der Waals surface area (Å²) in [4.78, 5) is 16.5. The third-order valence-corrected chi connectivity index (χ3v) is 4.43. The quantitative estimate of drug-likeness (QED) is 0.618. The smallest absolute Gasteiger partial charge is 0.228 e. The number of hydrogen-bond acceptors (Lipinski definition) is 4. The van der Waals surface area contributed by atoms with Crippen molar-refractivity contribution >= 4 is 17.4 Å². The first-order valence-corrected chi connectivity index (χ1v) is 9.31. The molecule has 2 N–H and O–H groups in total. The zero-order valence-corrected chi connectivity index (χ0v) is 16.2. The summed E-state index contributed by atoms with van der Waals surface area (Å²) in [5.74, 6) is 1.61. The molecule has 28 heavy (non-hydrogen) atoms. The van der Waals surface area contributed by atoms with Gasteiger partial charge in [0.1, 0.15) is 11.6 Å². The van der Waals surface area contributed by atoms with E-state index in [1.54, 1.807) is 13.3 Å². The molecular formula is C23H25N3O2. The first-order valence-electron chi connectivity index (χ1n) is 9.31. The number of benzene rings is 2. The van der Waals surface area contributed by atoms with E-state index in [0.29, 0.717) is 12.1 Å². The van der Waals surface area contributed by atoms with E-state index >= 15 is 0 Å². The lowest BCUT2D eigenvalue weighted by Gasteiger charge is -2.10. The molecule has 0 atom stereocenters. The summed E-state index contributed by atoms with van der Waals surface area (Å²) >= 11 is 0. The number of carbonyl (C=O) groups is 1. The number of ether oxygens (including phenoxy) is 1. The third-order valence-electron chi connectivity index (χ3n) is 4.43. The minimum absolute atomic E-state index is 0.0532. The zero-order valence-electron chi connectivity index (χ0n) is 16.2. The molecule has 3 aromatic rings. The molecule has 0 radical (unpaired) electrons. The van der Waals surface area contributed by atoms with Gasteiger partial charge < -0.3 is 15.4 Å². The number of amides is 1. The van der Waals surface area contributed by atoms with Crippen molar-refractivity contribution in [3.63, 3.8) is 0 Å². The van der Waals surface area contributed by atoms with Crippen molar-refractivity contribution in [2.75, 3.05) is 24.3 Å². The summed E-state index contributed by atoms with van der Waals surface area (Å²) in [5, 5.41) is 6.17. The van der Waals surface area contributed by atoms with Crippen LogP contribution in [0.3, 0.4) is 0 Å². The Labute approximate surface area is 165 Å². The summed E-state index contributed by atoms with van der Waals surface area (Å²) in [6.45, 7) is 2.77. The average Bonchev–Trinajstić information content (AvgIpc) is 2.71. The van der Waals surface area contributed by atoms with Gasteiger partial charge in [-0.1, -0.05) is 48.0 Å². The lowest BCUT2D eigenvalue weighted by molar-refractivity contribution is -0.115. The minimum Gasteiger partial charge on any atom is -0.496 e. The van der Waals surface area contributed by atoms with Gasteiger partial charge in [0, 0.05) is 6.54 Å². The normalized spacial score (nSPS) is 10.4. The molecule has 0 spiro atoms. The largest absolute Gasteiger partial charge is 0.496 e. The van der Waals surface area contributed by atoms with Crippen LogP contribution in [0.2, 0.25) is 0 Å². The van der Waals surface area contributed by atoms with Gasteiger partial charge in [-0.05, 0) is 42.7 Å². The first-order chi connectivity index (χ1) is 13.6. The highest BCUT2D eigenvalue weighted by molar-refractivity contribution is 5.92. The van der Waals surface area contributed by atoms with Crippen molar-refractivity contribution in [3.05, 3.63) is 83.6 Å². The molecule has 0 fully saturated rings. The number of aryl methyl sites for hydroxylation is 1. The molecule has 0 unspecified atom stereocenters. The van der Waals surface area contributed by atoms with Crippen molar-refractivity contribution in [1.82, 2.24) is 4.98 Å². The Hall–Kier alpha value is -3.34. The molecule has 5 heteroatoms. The molecule has 1 heterocycles. The van der Waals surface area contributed by atoms with E-state index in [9.17, 15) is 4.79 Å². The van der Waals surface area contributed by atoms with Crippen LogP contribution in [0, 0.1) is 6.92 Å². The molecule has 0 bridgehead atoms.